The molecule has 0 radical (unpaired) electrons. The smallest absolute Gasteiger partial charge is 0.266 e. The number of amides is 2. The molecule has 204 valence electrons. The van der Waals surface area contributed by atoms with Gasteiger partial charge in [0, 0.05) is 40.8 Å². The molecule has 2 aromatic carbocycles. The summed E-state index contributed by atoms with van der Waals surface area (Å²) in [5, 5.41) is 11.0. The molecule has 0 unspecified atom stereocenters. The van der Waals surface area contributed by atoms with Gasteiger partial charge >= 0.3 is 0 Å². The summed E-state index contributed by atoms with van der Waals surface area (Å²) in [6, 6.07) is 26.3. The first-order valence-corrected chi connectivity index (χ1v) is 13.2. The Hall–Kier alpha value is -5.90. The summed E-state index contributed by atoms with van der Waals surface area (Å²) in [6.07, 6.45) is 7.07. The van der Waals surface area contributed by atoms with Crippen molar-refractivity contribution in [3.05, 3.63) is 120 Å². The van der Waals surface area contributed by atoms with Crippen molar-refractivity contribution >= 4 is 57.1 Å². The van der Waals surface area contributed by atoms with Gasteiger partial charge in [0.2, 0.25) is 11.0 Å². The Morgan fingerprint density at radius 1 is 0.643 bits per heavy atom. The maximum Gasteiger partial charge on any atom is 0.290 e. The second-order valence-corrected chi connectivity index (χ2v) is 9.64. The van der Waals surface area contributed by atoms with Gasteiger partial charge in [-0.2, -0.15) is 10.2 Å². The summed E-state index contributed by atoms with van der Waals surface area (Å²) in [6.45, 7) is 0. The first-order chi connectivity index (χ1) is 20.5. The normalized spacial score (nSPS) is 11.6. The summed E-state index contributed by atoms with van der Waals surface area (Å²) in [7, 11) is 3.94. The highest BCUT2D eigenvalue weighted by atomic mass is 16.2. The second-order valence-electron chi connectivity index (χ2n) is 9.64. The number of pyridine rings is 4. The van der Waals surface area contributed by atoms with Crippen LogP contribution in [0.25, 0.3) is 32.8 Å². The van der Waals surface area contributed by atoms with Gasteiger partial charge in [-0.15, -0.1) is 0 Å². The van der Waals surface area contributed by atoms with Gasteiger partial charge < -0.3 is 0 Å². The number of rotatable bonds is 6. The first kappa shape index (κ1) is 26.3. The molecular weight excluding hydrogens is 528 g/mol. The van der Waals surface area contributed by atoms with Crippen molar-refractivity contribution < 1.29 is 18.7 Å². The Labute approximate surface area is 240 Å². The van der Waals surface area contributed by atoms with Gasteiger partial charge in [-0.1, -0.05) is 24.3 Å². The van der Waals surface area contributed by atoms with E-state index in [1.807, 2.05) is 96.3 Å². The van der Waals surface area contributed by atoms with E-state index in [2.05, 4.69) is 31.0 Å². The van der Waals surface area contributed by atoms with E-state index in [0.717, 1.165) is 32.9 Å². The minimum absolute atomic E-state index is 0.121. The fourth-order valence-corrected chi connectivity index (χ4v) is 4.69. The van der Waals surface area contributed by atoms with Gasteiger partial charge in [0.05, 0.1) is 23.2 Å². The van der Waals surface area contributed by atoms with E-state index in [4.69, 9.17) is 0 Å². The lowest BCUT2D eigenvalue weighted by atomic mass is 10.1. The number of carbonyl (C=O) groups excluding carboxylic acids is 2. The van der Waals surface area contributed by atoms with Crippen LogP contribution in [-0.2, 0) is 14.1 Å². The number of para-hydroxylation sites is 2. The third-order valence-corrected chi connectivity index (χ3v) is 6.90. The molecule has 0 spiro atoms. The molecule has 0 saturated carbocycles. The fraction of sp³-hybridized carbons (Fsp3) is 0.0625. The maximum absolute atomic E-state index is 12.8. The van der Waals surface area contributed by atoms with E-state index >= 15 is 0 Å². The number of hydrogen-bond acceptors (Lipinski definition) is 6. The topological polar surface area (TPSA) is 116 Å². The average Bonchev–Trinajstić information content (AvgIpc) is 3.03. The summed E-state index contributed by atoms with van der Waals surface area (Å²) in [5.74, 6) is -0.993. The highest BCUT2D eigenvalue weighted by molar-refractivity contribution is 6.00. The number of aromatic nitrogens is 4. The molecule has 2 N–H and O–H groups in total. The third-order valence-electron chi connectivity index (χ3n) is 6.90. The zero-order chi connectivity index (χ0) is 29.1. The van der Waals surface area contributed by atoms with Crippen LogP contribution in [0.4, 0.5) is 0 Å². The quantitative estimate of drug-likeness (QED) is 0.187. The molecule has 10 nitrogen and oxygen atoms in total. The molecule has 0 aliphatic heterocycles. The molecule has 0 bridgehead atoms. The van der Waals surface area contributed by atoms with Crippen LogP contribution in [0.3, 0.4) is 0 Å². The molecule has 6 rings (SSSR count). The van der Waals surface area contributed by atoms with Crippen LogP contribution < -0.4 is 20.0 Å². The monoisotopic (exact) mass is 554 g/mol. The van der Waals surface area contributed by atoms with Crippen LogP contribution in [0.2, 0.25) is 0 Å². The predicted octanol–water partition coefficient (Wildman–Crippen LogP) is 3.11. The molecule has 0 atom stereocenters. The predicted molar refractivity (Wildman–Crippen MR) is 160 cm³/mol. The van der Waals surface area contributed by atoms with Crippen molar-refractivity contribution in [1.82, 2.24) is 20.8 Å². The Bertz CT molecular complexity index is 1930. The molecule has 10 heteroatoms. The van der Waals surface area contributed by atoms with E-state index in [1.165, 1.54) is 0 Å². The van der Waals surface area contributed by atoms with Crippen LogP contribution >= 0.6 is 0 Å². The number of benzene rings is 2. The van der Waals surface area contributed by atoms with Crippen molar-refractivity contribution in [1.29, 1.82) is 0 Å². The van der Waals surface area contributed by atoms with Crippen LogP contribution in [0.5, 0.6) is 0 Å². The molecule has 6 aromatic rings. The van der Waals surface area contributed by atoms with Crippen LogP contribution in [0, 0.1) is 0 Å². The van der Waals surface area contributed by atoms with E-state index < -0.39 is 11.8 Å². The van der Waals surface area contributed by atoms with E-state index in [0.29, 0.717) is 5.39 Å². The molecule has 0 saturated heterocycles. The zero-order valence-corrected chi connectivity index (χ0v) is 22.9. The molecule has 42 heavy (non-hydrogen) atoms. The maximum atomic E-state index is 12.8. The molecule has 4 aromatic heterocycles. The van der Waals surface area contributed by atoms with Gasteiger partial charge in [0.15, 0.2) is 18.0 Å². The number of nitrogens with zero attached hydrogens (tertiary/aromatic N) is 6. The van der Waals surface area contributed by atoms with Gasteiger partial charge in [-0.25, -0.2) is 30.0 Å². The number of nitrogens with one attached hydrogen (secondary N) is 2. The number of hydrogen-bond donors (Lipinski definition) is 2. The van der Waals surface area contributed by atoms with Gasteiger partial charge in [0.1, 0.15) is 25.5 Å². The van der Waals surface area contributed by atoms with Crippen molar-refractivity contribution in [2.24, 2.45) is 24.3 Å². The largest absolute Gasteiger partial charge is 0.290 e. The Morgan fingerprint density at radius 3 is 1.57 bits per heavy atom. The highest BCUT2D eigenvalue weighted by Gasteiger charge is 2.13. The second kappa shape index (κ2) is 11.3. The van der Waals surface area contributed by atoms with Crippen LogP contribution in [0.1, 0.15) is 32.1 Å². The Balaban J connectivity index is 1.16. The summed E-state index contributed by atoms with van der Waals surface area (Å²) in [5.41, 5.74) is 9.36. The fourth-order valence-electron chi connectivity index (χ4n) is 4.69. The number of fused-ring (bicyclic) bond motifs is 3. The van der Waals surface area contributed by atoms with Crippen molar-refractivity contribution in [2.75, 3.05) is 0 Å². The molecule has 0 aliphatic rings. The van der Waals surface area contributed by atoms with E-state index in [-0.39, 0.29) is 17.0 Å². The lowest BCUT2D eigenvalue weighted by Crippen LogP contribution is -2.28. The Kier molecular flexibility index (Phi) is 7.08. The number of aryl methyl sites for hydroxylation is 2. The van der Waals surface area contributed by atoms with Gasteiger partial charge in [0.25, 0.3) is 11.8 Å². The van der Waals surface area contributed by atoms with E-state index in [9.17, 15) is 9.59 Å². The number of hydrazone groups is 2. The van der Waals surface area contributed by atoms with Gasteiger partial charge in [-0.05, 0) is 36.4 Å². The first-order valence-electron chi connectivity index (χ1n) is 13.2. The molecular formula is C32H26N8O2+2. The lowest BCUT2D eigenvalue weighted by molar-refractivity contribution is -0.645. The molecule has 0 aliphatic carbocycles. The highest BCUT2D eigenvalue weighted by Crippen LogP contribution is 2.15. The standard InChI is InChI=1S/C32H24N8O2/c1-39-17-15-22(24-7-3-5-9-28(24)39)19-33-37-31(41)26-13-11-21-12-14-27(36-30(21)35-26)32(42)38-34-20-23-16-18-40(2)29-10-6-4-8-25(23)29/h3-20H,1-2H3/p+2. The average molecular weight is 555 g/mol. The third kappa shape index (κ3) is 5.28. The van der Waals surface area contributed by atoms with Crippen molar-refractivity contribution in [3.8, 4) is 0 Å². The molecule has 0 fully saturated rings. The summed E-state index contributed by atoms with van der Waals surface area (Å²) >= 11 is 0. The van der Waals surface area contributed by atoms with Crippen molar-refractivity contribution in [3.63, 3.8) is 0 Å². The van der Waals surface area contributed by atoms with Crippen molar-refractivity contribution in [2.45, 2.75) is 0 Å². The minimum atomic E-state index is -0.497. The number of carbonyl (C=O) groups is 2. The molecule has 2 amide bonds. The Morgan fingerprint density at radius 2 is 1.10 bits per heavy atom. The zero-order valence-electron chi connectivity index (χ0n) is 22.9. The SMILES string of the molecule is C[n+]1ccc(/C=N/NC(=O)c2ccc3ccc(C(=O)N/N=C/c4cc[n+](C)c5ccccc45)nc3n2)c2ccccc21. The van der Waals surface area contributed by atoms with E-state index in [1.54, 1.807) is 36.7 Å². The molecule has 4 heterocycles. The minimum Gasteiger partial charge on any atom is -0.266 e. The summed E-state index contributed by atoms with van der Waals surface area (Å²) in [4.78, 5) is 34.3. The van der Waals surface area contributed by atoms with Crippen LogP contribution in [-0.4, -0.2) is 34.2 Å². The van der Waals surface area contributed by atoms with Gasteiger partial charge in [-0.3, -0.25) is 9.59 Å². The summed E-state index contributed by atoms with van der Waals surface area (Å²) < 4.78 is 4.03. The lowest BCUT2D eigenvalue weighted by Gasteiger charge is -2.04. The van der Waals surface area contributed by atoms with Crippen LogP contribution in [0.15, 0.2) is 108 Å².